The molecule has 22 heavy (non-hydrogen) atoms. The highest BCUT2D eigenvalue weighted by molar-refractivity contribution is 7.99. The van der Waals surface area contributed by atoms with Crippen molar-refractivity contribution in [1.29, 1.82) is 0 Å². The normalized spacial score (nSPS) is 12.4. The van der Waals surface area contributed by atoms with E-state index in [0.717, 1.165) is 35.6 Å². The third-order valence-corrected chi connectivity index (χ3v) is 5.22. The van der Waals surface area contributed by atoms with Crippen LogP contribution in [0.1, 0.15) is 37.3 Å². The summed E-state index contributed by atoms with van der Waals surface area (Å²) in [5, 5.41) is 0.826. The average molecular weight is 334 g/mol. The summed E-state index contributed by atoms with van der Waals surface area (Å²) in [6, 6.07) is 15.2. The molecular weight excluding hydrogens is 310 g/mol. The van der Waals surface area contributed by atoms with Crippen molar-refractivity contribution in [3.8, 4) is 0 Å². The van der Waals surface area contributed by atoms with Gasteiger partial charge in [0.05, 0.1) is 5.02 Å². The van der Waals surface area contributed by atoms with Gasteiger partial charge >= 0.3 is 0 Å². The Kier molecular flexibility index (Phi) is 6.81. The summed E-state index contributed by atoms with van der Waals surface area (Å²) >= 11 is 8.14. The van der Waals surface area contributed by atoms with E-state index in [1.54, 1.807) is 11.8 Å². The first-order valence-electron chi connectivity index (χ1n) is 7.87. The van der Waals surface area contributed by atoms with Crippen LogP contribution >= 0.6 is 23.4 Å². The predicted octanol–water partition coefficient (Wildman–Crippen LogP) is 5.86. The van der Waals surface area contributed by atoms with Crippen LogP contribution < -0.4 is 5.73 Å². The first-order chi connectivity index (χ1) is 10.6. The van der Waals surface area contributed by atoms with Crippen molar-refractivity contribution < 1.29 is 0 Å². The summed E-state index contributed by atoms with van der Waals surface area (Å²) in [7, 11) is 0. The fourth-order valence-corrected chi connectivity index (χ4v) is 3.52. The minimum absolute atomic E-state index is 0.297. The molecule has 0 radical (unpaired) electrons. The zero-order valence-electron chi connectivity index (χ0n) is 13.3. The van der Waals surface area contributed by atoms with Gasteiger partial charge in [-0.05, 0) is 56.0 Å². The minimum atomic E-state index is 0.297. The molecule has 2 aromatic rings. The van der Waals surface area contributed by atoms with E-state index in [4.69, 9.17) is 17.3 Å². The lowest BCUT2D eigenvalue weighted by molar-refractivity contribution is 0.561. The van der Waals surface area contributed by atoms with Crippen LogP contribution in [0.4, 0.5) is 0 Å². The van der Waals surface area contributed by atoms with E-state index in [2.05, 4.69) is 56.3 Å². The van der Waals surface area contributed by atoms with Crippen LogP contribution in [0, 0.1) is 6.92 Å². The average Bonchev–Trinajstić information content (AvgIpc) is 2.50. The summed E-state index contributed by atoms with van der Waals surface area (Å²) in [5.74, 6) is 0. The fraction of sp³-hybridized carbons (Fsp3) is 0.368. The lowest BCUT2D eigenvalue weighted by Gasteiger charge is -2.11. The predicted molar refractivity (Wildman–Crippen MR) is 98.0 cm³/mol. The molecule has 0 aliphatic rings. The molecule has 3 heteroatoms. The molecule has 0 aliphatic carbocycles. The molecule has 0 fully saturated rings. The van der Waals surface area contributed by atoms with Gasteiger partial charge in [-0.3, -0.25) is 0 Å². The molecule has 2 aromatic carbocycles. The molecule has 0 saturated heterocycles. The number of benzene rings is 2. The number of aryl methyl sites for hydroxylation is 2. The Morgan fingerprint density at radius 1 is 1.09 bits per heavy atom. The van der Waals surface area contributed by atoms with Crippen molar-refractivity contribution >= 4 is 23.4 Å². The second kappa shape index (κ2) is 8.61. The molecule has 0 aromatic heterocycles. The molecule has 1 nitrogen and oxygen atoms in total. The van der Waals surface area contributed by atoms with Gasteiger partial charge in [0.1, 0.15) is 0 Å². The van der Waals surface area contributed by atoms with Crippen LogP contribution in [0.15, 0.2) is 52.3 Å². The molecule has 0 heterocycles. The molecule has 0 aliphatic heterocycles. The number of rotatable bonds is 7. The van der Waals surface area contributed by atoms with Gasteiger partial charge in [-0.2, -0.15) is 0 Å². The zero-order chi connectivity index (χ0) is 15.9. The maximum atomic E-state index is 6.43. The van der Waals surface area contributed by atoms with Gasteiger partial charge in [0, 0.05) is 15.8 Å². The summed E-state index contributed by atoms with van der Waals surface area (Å²) in [5.41, 5.74) is 8.62. The first kappa shape index (κ1) is 17.4. The first-order valence-corrected chi connectivity index (χ1v) is 9.06. The third kappa shape index (κ3) is 5.35. The number of nitrogens with two attached hydrogens (primary N) is 1. The Balaban J connectivity index is 1.98. The lowest BCUT2D eigenvalue weighted by Crippen LogP contribution is -2.20. The monoisotopic (exact) mass is 333 g/mol. The molecule has 1 atom stereocenters. The largest absolute Gasteiger partial charge is 0.328 e. The Labute approximate surface area is 143 Å². The van der Waals surface area contributed by atoms with Crippen LogP contribution in [-0.4, -0.2) is 6.04 Å². The van der Waals surface area contributed by atoms with Crippen LogP contribution in [-0.2, 0) is 6.42 Å². The lowest BCUT2D eigenvalue weighted by atomic mass is 10.0. The summed E-state index contributed by atoms with van der Waals surface area (Å²) in [4.78, 5) is 2.32. The topological polar surface area (TPSA) is 26.0 Å². The Morgan fingerprint density at radius 2 is 1.82 bits per heavy atom. The van der Waals surface area contributed by atoms with Crippen LogP contribution in [0.2, 0.25) is 5.02 Å². The molecule has 0 amide bonds. The Bertz CT molecular complexity index is 595. The van der Waals surface area contributed by atoms with Crippen LogP contribution in [0.5, 0.6) is 0 Å². The highest BCUT2D eigenvalue weighted by Crippen LogP contribution is 2.34. The number of hydrogen-bond donors (Lipinski definition) is 1. The molecule has 0 spiro atoms. The van der Waals surface area contributed by atoms with E-state index in [0.29, 0.717) is 6.04 Å². The third-order valence-electron chi connectivity index (χ3n) is 3.71. The van der Waals surface area contributed by atoms with Gasteiger partial charge in [0.25, 0.3) is 0 Å². The fourth-order valence-electron chi connectivity index (χ4n) is 2.38. The van der Waals surface area contributed by atoms with E-state index in [1.807, 2.05) is 0 Å². The molecule has 1 unspecified atom stereocenters. The van der Waals surface area contributed by atoms with Crippen molar-refractivity contribution in [3.05, 3.63) is 58.6 Å². The molecule has 118 valence electrons. The van der Waals surface area contributed by atoms with Crippen molar-refractivity contribution in [1.82, 2.24) is 0 Å². The van der Waals surface area contributed by atoms with Crippen LogP contribution in [0.25, 0.3) is 0 Å². The van der Waals surface area contributed by atoms with Crippen molar-refractivity contribution in [2.75, 3.05) is 0 Å². The highest BCUT2D eigenvalue weighted by Gasteiger charge is 2.06. The molecule has 2 N–H and O–H groups in total. The van der Waals surface area contributed by atoms with Crippen molar-refractivity contribution in [2.24, 2.45) is 5.73 Å². The van der Waals surface area contributed by atoms with E-state index in [-0.39, 0.29) is 0 Å². The number of hydrogen-bond acceptors (Lipinski definition) is 2. The van der Waals surface area contributed by atoms with Gasteiger partial charge in [0.2, 0.25) is 0 Å². The van der Waals surface area contributed by atoms with Gasteiger partial charge in [-0.25, -0.2) is 0 Å². The van der Waals surface area contributed by atoms with E-state index < -0.39 is 0 Å². The van der Waals surface area contributed by atoms with Gasteiger partial charge < -0.3 is 5.73 Å². The number of halogens is 1. The molecule has 0 saturated carbocycles. The highest BCUT2D eigenvalue weighted by atomic mass is 35.5. The Morgan fingerprint density at radius 3 is 2.45 bits per heavy atom. The summed E-state index contributed by atoms with van der Waals surface area (Å²) < 4.78 is 0. The minimum Gasteiger partial charge on any atom is -0.328 e. The van der Waals surface area contributed by atoms with E-state index in [9.17, 15) is 0 Å². The van der Waals surface area contributed by atoms with Gasteiger partial charge in [0.15, 0.2) is 0 Å². The summed E-state index contributed by atoms with van der Waals surface area (Å²) in [6.07, 6.45) is 4.26. The Hall–Kier alpha value is -0.960. The van der Waals surface area contributed by atoms with Crippen molar-refractivity contribution in [2.45, 2.75) is 55.4 Å². The summed E-state index contributed by atoms with van der Waals surface area (Å²) in [6.45, 7) is 4.27. The quantitative estimate of drug-likeness (QED) is 0.686. The van der Waals surface area contributed by atoms with E-state index in [1.165, 1.54) is 16.0 Å². The maximum Gasteiger partial charge on any atom is 0.0548 e. The SMILES string of the molecule is CCCC(N)CCc1ccc(Sc2ccc(C)cc2)c(Cl)c1. The van der Waals surface area contributed by atoms with Gasteiger partial charge in [-0.15, -0.1) is 0 Å². The van der Waals surface area contributed by atoms with E-state index >= 15 is 0 Å². The molecular formula is C19H24ClNS. The van der Waals surface area contributed by atoms with Crippen LogP contribution in [0.3, 0.4) is 0 Å². The second-order valence-electron chi connectivity index (χ2n) is 5.77. The zero-order valence-corrected chi connectivity index (χ0v) is 14.9. The van der Waals surface area contributed by atoms with Gasteiger partial charge in [-0.1, -0.05) is 60.5 Å². The van der Waals surface area contributed by atoms with Crippen molar-refractivity contribution in [3.63, 3.8) is 0 Å². The standard InChI is InChI=1S/C19H24ClNS/c1-3-4-16(21)9-7-15-8-12-19(18(20)13-15)22-17-10-5-14(2)6-11-17/h5-6,8,10-13,16H,3-4,7,9,21H2,1-2H3. The molecule has 0 bridgehead atoms. The smallest absolute Gasteiger partial charge is 0.0548 e. The molecule has 2 rings (SSSR count). The second-order valence-corrected chi connectivity index (χ2v) is 7.29. The maximum absolute atomic E-state index is 6.43.